The van der Waals surface area contributed by atoms with E-state index in [1.54, 1.807) is 0 Å². The Balaban J connectivity index is 2.01. The lowest BCUT2D eigenvalue weighted by atomic mass is 10.1. The molecule has 0 saturated heterocycles. The van der Waals surface area contributed by atoms with E-state index < -0.39 is 5.60 Å². The second-order valence-electron chi connectivity index (χ2n) is 7.94. The molecule has 2 aromatic carbocycles. The predicted molar refractivity (Wildman–Crippen MR) is 113 cm³/mol. The van der Waals surface area contributed by atoms with E-state index in [4.69, 9.17) is 9.57 Å². The molecule has 0 aliphatic rings. The molecule has 0 aromatic heterocycles. The van der Waals surface area contributed by atoms with E-state index in [9.17, 15) is 9.59 Å². The van der Waals surface area contributed by atoms with Crippen LogP contribution in [0.4, 0.5) is 0 Å². The number of hydrogen-bond donors (Lipinski definition) is 0. The van der Waals surface area contributed by atoms with Crippen molar-refractivity contribution < 1.29 is 19.2 Å². The maximum absolute atomic E-state index is 12.8. The molecule has 0 heterocycles. The summed E-state index contributed by atoms with van der Waals surface area (Å²) in [6.45, 7) is 7.96. The van der Waals surface area contributed by atoms with E-state index in [0.29, 0.717) is 0 Å². The highest BCUT2D eigenvalue weighted by Crippen LogP contribution is 2.12. The highest BCUT2D eigenvalue weighted by atomic mass is 16.7. The number of ether oxygens (including phenoxy) is 1. The molecule has 0 saturated carbocycles. The summed E-state index contributed by atoms with van der Waals surface area (Å²) in [4.78, 5) is 30.7. The van der Waals surface area contributed by atoms with Crippen LogP contribution >= 0.6 is 0 Å². The molecule has 0 N–H and O–H groups in total. The van der Waals surface area contributed by atoms with Crippen molar-refractivity contribution in [2.24, 2.45) is 0 Å². The van der Waals surface area contributed by atoms with Gasteiger partial charge >= 0.3 is 5.97 Å². The number of aryl methyl sites for hydroxylation is 1. The molecule has 0 unspecified atom stereocenters. The topological polar surface area (TPSA) is 55.8 Å². The first-order chi connectivity index (χ1) is 13.8. The van der Waals surface area contributed by atoms with Gasteiger partial charge in [0.1, 0.15) is 12.2 Å². The highest BCUT2D eigenvalue weighted by Gasteiger charge is 2.20. The van der Waals surface area contributed by atoms with Crippen LogP contribution in [0.1, 0.15) is 50.8 Å². The summed E-state index contributed by atoms with van der Waals surface area (Å²) in [5.41, 5.74) is 2.54. The van der Waals surface area contributed by atoms with Crippen LogP contribution in [-0.2, 0) is 38.6 Å². The van der Waals surface area contributed by atoms with E-state index in [1.165, 1.54) is 10.6 Å². The standard InChI is InChI=1S/C24H31NO4/c1-5-19-11-13-20(14-12-19)17-22(26)25(16-15-23(27)29-24(2,3)4)28-18-21-9-7-6-8-10-21/h6-14H,5,15-18H2,1-4H3. The summed E-state index contributed by atoms with van der Waals surface area (Å²) < 4.78 is 5.34. The van der Waals surface area contributed by atoms with Gasteiger partial charge in [0.25, 0.3) is 5.91 Å². The van der Waals surface area contributed by atoms with Crippen LogP contribution in [0.2, 0.25) is 0 Å². The van der Waals surface area contributed by atoms with Gasteiger partial charge in [-0.15, -0.1) is 0 Å². The second-order valence-corrected chi connectivity index (χ2v) is 7.94. The number of hydroxylamine groups is 2. The molecule has 0 bridgehead atoms. The van der Waals surface area contributed by atoms with Crippen LogP contribution in [0, 0.1) is 0 Å². The molecular formula is C24H31NO4. The van der Waals surface area contributed by atoms with Crippen molar-refractivity contribution in [1.82, 2.24) is 5.06 Å². The Morgan fingerprint density at radius 3 is 2.10 bits per heavy atom. The van der Waals surface area contributed by atoms with E-state index >= 15 is 0 Å². The molecule has 156 valence electrons. The SMILES string of the molecule is CCc1ccc(CC(=O)N(CCC(=O)OC(C)(C)C)OCc2ccccc2)cc1. The summed E-state index contributed by atoms with van der Waals surface area (Å²) in [6, 6.07) is 17.6. The van der Waals surface area contributed by atoms with E-state index in [1.807, 2.05) is 75.4 Å². The monoisotopic (exact) mass is 397 g/mol. The Morgan fingerprint density at radius 1 is 0.897 bits per heavy atom. The Labute approximate surface area is 173 Å². The van der Waals surface area contributed by atoms with Crippen LogP contribution in [0.15, 0.2) is 54.6 Å². The Bertz CT molecular complexity index is 779. The van der Waals surface area contributed by atoms with Crippen molar-refractivity contribution in [2.75, 3.05) is 6.54 Å². The van der Waals surface area contributed by atoms with Gasteiger partial charge in [-0.05, 0) is 43.9 Å². The molecule has 0 spiro atoms. The number of esters is 1. The molecule has 2 rings (SSSR count). The largest absolute Gasteiger partial charge is 0.460 e. The lowest BCUT2D eigenvalue weighted by Crippen LogP contribution is -2.35. The van der Waals surface area contributed by atoms with E-state index in [0.717, 1.165) is 17.5 Å². The summed E-state index contributed by atoms with van der Waals surface area (Å²) >= 11 is 0. The highest BCUT2D eigenvalue weighted by molar-refractivity contribution is 5.78. The third-order valence-electron chi connectivity index (χ3n) is 4.23. The summed E-state index contributed by atoms with van der Waals surface area (Å²) in [5.74, 6) is -0.542. The van der Waals surface area contributed by atoms with Crippen LogP contribution in [-0.4, -0.2) is 29.1 Å². The maximum atomic E-state index is 12.8. The van der Waals surface area contributed by atoms with Gasteiger partial charge in [-0.25, -0.2) is 5.06 Å². The van der Waals surface area contributed by atoms with Crippen molar-refractivity contribution in [3.63, 3.8) is 0 Å². The van der Waals surface area contributed by atoms with Crippen molar-refractivity contribution in [3.05, 3.63) is 71.3 Å². The van der Waals surface area contributed by atoms with Crippen LogP contribution in [0.5, 0.6) is 0 Å². The van der Waals surface area contributed by atoms with Gasteiger partial charge < -0.3 is 4.74 Å². The molecule has 2 aromatic rings. The molecular weight excluding hydrogens is 366 g/mol. The van der Waals surface area contributed by atoms with Gasteiger partial charge in [-0.1, -0.05) is 61.5 Å². The van der Waals surface area contributed by atoms with E-state index in [2.05, 4.69) is 6.92 Å². The summed E-state index contributed by atoms with van der Waals surface area (Å²) in [7, 11) is 0. The second kappa shape index (κ2) is 10.8. The smallest absolute Gasteiger partial charge is 0.308 e. The fraction of sp³-hybridized carbons (Fsp3) is 0.417. The van der Waals surface area contributed by atoms with Gasteiger partial charge in [0.05, 0.1) is 19.4 Å². The lowest BCUT2D eigenvalue weighted by Gasteiger charge is -2.24. The molecule has 0 radical (unpaired) electrons. The fourth-order valence-corrected chi connectivity index (χ4v) is 2.73. The third kappa shape index (κ3) is 8.48. The van der Waals surface area contributed by atoms with Crippen LogP contribution in [0.3, 0.4) is 0 Å². The number of nitrogens with zero attached hydrogens (tertiary/aromatic N) is 1. The molecule has 0 aliphatic carbocycles. The Morgan fingerprint density at radius 2 is 1.52 bits per heavy atom. The van der Waals surface area contributed by atoms with Crippen molar-refractivity contribution in [3.8, 4) is 0 Å². The zero-order chi connectivity index (χ0) is 21.3. The lowest BCUT2D eigenvalue weighted by molar-refractivity contribution is -0.193. The van der Waals surface area contributed by atoms with Gasteiger partial charge in [0, 0.05) is 0 Å². The van der Waals surface area contributed by atoms with Gasteiger partial charge in [0.2, 0.25) is 0 Å². The molecule has 0 aliphatic heterocycles. The minimum absolute atomic E-state index is 0.0760. The average Bonchev–Trinajstić information content (AvgIpc) is 2.68. The molecule has 0 atom stereocenters. The van der Waals surface area contributed by atoms with Gasteiger partial charge in [0.15, 0.2) is 0 Å². The predicted octanol–water partition coefficient (Wildman–Crippen LogP) is 4.48. The number of hydrogen-bond acceptors (Lipinski definition) is 4. The summed E-state index contributed by atoms with van der Waals surface area (Å²) in [5, 5.41) is 1.28. The molecule has 1 amide bonds. The zero-order valence-corrected chi connectivity index (χ0v) is 17.8. The minimum Gasteiger partial charge on any atom is -0.460 e. The normalized spacial score (nSPS) is 11.2. The minimum atomic E-state index is -0.558. The number of carbonyl (C=O) groups is 2. The first-order valence-corrected chi connectivity index (χ1v) is 10.0. The zero-order valence-electron chi connectivity index (χ0n) is 17.8. The number of rotatable bonds is 9. The van der Waals surface area contributed by atoms with Gasteiger partial charge in [-0.2, -0.15) is 0 Å². The van der Waals surface area contributed by atoms with Crippen LogP contribution in [0.25, 0.3) is 0 Å². The first kappa shape index (κ1) is 22.6. The summed E-state index contributed by atoms with van der Waals surface area (Å²) in [6.07, 6.45) is 1.25. The fourth-order valence-electron chi connectivity index (χ4n) is 2.73. The van der Waals surface area contributed by atoms with Gasteiger partial charge in [-0.3, -0.25) is 14.4 Å². The number of carbonyl (C=O) groups excluding carboxylic acids is 2. The third-order valence-corrected chi connectivity index (χ3v) is 4.23. The van der Waals surface area contributed by atoms with Crippen molar-refractivity contribution in [2.45, 2.75) is 59.2 Å². The Hall–Kier alpha value is -2.66. The molecule has 5 heteroatoms. The molecule has 29 heavy (non-hydrogen) atoms. The quantitative estimate of drug-likeness (QED) is 0.462. The average molecular weight is 398 g/mol. The molecule has 0 fully saturated rings. The van der Waals surface area contributed by atoms with Crippen molar-refractivity contribution in [1.29, 1.82) is 0 Å². The van der Waals surface area contributed by atoms with E-state index in [-0.39, 0.29) is 37.9 Å². The van der Waals surface area contributed by atoms with Crippen LogP contribution < -0.4 is 0 Å². The first-order valence-electron chi connectivity index (χ1n) is 10.0. The maximum Gasteiger partial charge on any atom is 0.308 e. The Kier molecular flexibility index (Phi) is 8.40. The van der Waals surface area contributed by atoms with Crippen molar-refractivity contribution >= 4 is 11.9 Å². The molecule has 5 nitrogen and oxygen atoms in total. The number of amides is 1. The number of benzene rings is 2.